The molecule has 0 radical (unpaired) electrons. The van der Waals surface area contributed by atoms with Gasteiger partial charge < -0.3 is 8.85 Å². The van der Waals surface area contributed by atoms with Gasteiger partial charge in [0, 0.05) is 24.5 Å². The molecule has 32 heavy (non-hydrogen) atoms. The normalized spacial score (nSPS) is 45.7. The van der Waals surface area contributed by atoms with Crippen molar-refractivity contribution in [2.45, 2.75) is 124 Å². The lowest BCUT2D eigenvalue weighted by molar-refractivity contribution is -0.162. The second-order valence-electron chi connectivity index (χ2n) is 14.4. The van der Waals surface area contributed by atoms with Crippen LogP contribution in [0.15, 0.2) is 0 Å². The van der Waals surface area contributed by atoms with Crippen LogP contribution in [0.1, 0.15) is 72.1 Å². The first kappa shape index (κ1) is 25.1. The summed E-state index contributed by atoms with van der Waals surface area (Å²) in [5.41, 5.74) is 0.331. The van der Waals surface area contributed by atoms with Crippen LogP contribution in [0.2, 0.25) is 39.3 Å². The first-order valence-corrected chi connectivity index (χ1v) is 20.3. The van der Waals surface area contributed by atoms with E-state index in [-0.39, 0.29) is 16.9 Å². The largest absolute Gasteiger partial charge is 0.415 e. The van der Waals surface area contributed by atoms with Gasteiger partial charge in [0.05, 0.1) is 0 Å². The average molecular weight is 479 g/mol. The van der Waals surface area contributed by atoms with Crippen LogP contribution in [0.3, 0.4) is 0 Å². The van der Waals surface area contributed by atoms with Crippen LogP contribution in [0.5, 0.6) is 0 Å². The highest BCUT2D eigenvalue weighted by Crippen LogP contribution is 2.67. The van der Waals surface area contributed by atoms with E-state index < -0.39 is 16.6 Å². The standard InChI is InChI=1S/C27H50O3Si2/c1-18(29-31(4,5)6)22-12-13-23-21-11-10-19-16-20(30-32(7,8)9)14-15-26(19,2)25(21)24(28)17-27(22,23)3/h18-23,25H,10-17H2,1-9H3/t18?,19?,20?,21-,22+,23-,25+,26-,27+/m0/s1. The topological polar surface area (TPSA) is 35.5 Å². The second kappa shape index (κ2) is 8.31. The second-order valence-corrected chi connectivity index (χ2v) is 23.3. The molecule has 184 valence electrons. The van der Waals surface area contributed by atoms with Gasteiger partial charge in [-0.2, -0.15) is 0 Å². The zero-order valence-corrected chi connectivity index (χ0v) is 24.4. The minimum absolute atomic E-state index is 0.138. The molecule has 0 amide bonds. The Morgan fingerprint density at radius 3 is 2.22 bits per heavy atom. The van der Waals surface area contributed by atoms with Gasteiger partial charge in [-0.15, -0.1) is 0 Å². The minimum atomic E-state index is -1.58. The van der Waals surface area contributed by atoms with E-state index >= 15 is 0 Å². The van der Waals surface area contributed by atoms with E-state index in [2.05, 4.69) is 60.1 Å². The average Bonchev–Trinajstić information content (AvgIpc) is 2.95. The Balaban J connectivity index is 1.53. The van der Waals surface area contributed by atoms with Gasteiger partial charge in [-0.25, -0.2) is 0 Å². The summed E-state index contributed by atoms with van der Waals surface area (Å²) in [5.74, 6) is 3.39. The Bertz CT molecular complexity index is 725. The minimum Gasteiger partial charge on any atom is -0.415 e. The lowest BCUT2D eigenvalue weighted by Gasteiger charge is -2.60. The fraction of sp³-hybridized carbons (Fsp3) is 0.963. The maximum absolute atomic E-state index is 13.9. The molecule has 5 heteroatoms. The Morgan fingerprint density at radius 1 is 0.906 bits per heavy atom. The summed E-state index contributed by atoms with van der Waals surface area (Å²) in [5, 5.41) is 0. The molecule has 0 N–H and O–H groups in total. The van der Waals surface area contributed by atoms with E-state index in [1.807, 2.05) is 0 Å². The first-order chi connectivity index (χ1) is 14.6. The first-order valence-electron chi connectivity index (χ1n) is 13.5. The molecule has 0 aliphatic heterocycles. The summed E-state index contributed by atoms with van der Waals surface area (Å²) in [4.78, 5) is 13.9. The lowest BCUT2D eigenvalue weighted by atomic mass is 9.44. The van der Waals surface area contributed by atoms with Crippen LogP contribution < -0.4 is 0 Å². The number of fused-ring (bicyclic) bond motifs is 5. The van der Waals surface area contributed by atoms with Crippen molar-refractivity contribution < 1.29 is 13.6 Å². The van der Waals surface area contributed by atoms with Crippen LogP contribution in [-0.2, 0) is 13.6 Å². The third-order valence-corrected chi connectivity index (χ3v) is 12.1. The van der Waals surface area contributed by atoms with Crippen molar-refractivity contribution in [3.63, 3.8) is 0 Å². The van der Waals surface area contributed by atoms with Gasteiger partial charge in [0.15, 0.2) is 16.6 Å². The molecule has 3 unspecified atom stereocenters. The number of hydrogen-bond acceptors (Lipinski definition) is 3. The van der Waals surface area contributed by atoms with Gasteiger partial charge in [0.2, 0.25) is 0 Å². The molecule has 0 aromatic heterocycles. The summed E-state index contributed by atoms with van der Waals surface area (Å²) < 4.78 is 13.1. The van der Waals surface area contributed by atoms with Crippen molar-refractivity contribution in [2.24, 2.45) is 40.4 Å². The number of Topliss-reactive ketones (excluding diaryl/α,β-unsaturated/α-hetero) is 1. The molecule has 0 spiro atoms. The van der Waals surface area contributed by atoms with Gasteiger partial charge in [-0.1, -0.05) is 13.8 Å². The third kappa shape index (κ3) is 4.49. The van der Waals surface area contributed by atoms with Gasteiger partial charge in [-0.05, 0) is 126 Å². The zero-order chi connectivity index (χ0) is 23.7. The van der Waals surface area contributed by atoms with Crippen LogP contribution in [0, 0.1) is 40.4 Å². The van der Waals surface area contributed by atoms with Crippen molar-refractivity contribution in [3.8, 4) is 0 Å². The highest BCUT2D eigenvalue weighted by atomic mass is 28.4. The predicted molar refractivity (Wildman–Crippen MR) is 138 cm³/mol. The van der Waals surface area contributed by atoms with E-state index in [1.54, 1.807) is 0 Å². The van der Waals surface area contributed by atoms with E-state index in [9.17, 15) is 4.79 Å². The molecule has 0 bridgehead atoms. The number of ketones is 1. The summed E-state index contributed by atoms with van der Waals surface area (Å²) in [7, 11) is -3.09. The van der Waals surface area contributed by atoms with E-state index in [4.69, 9.17) is 8.85 Å². The highest BCUT2D eigenvalue weighted by molar-refractivity contribution is 6.70. The fourth-order valence-electron chi connectivity index (χ4n) is 9.09. The van der Waals surface area contributed by atoms with Gasteiger partial charge in [0.25, 0.3) is 0 Å². The third-order valence-electron chi connectivity index (χ3n) is 10.0. The Kier molecular flexibility index (Phi) is 6.52. The summed E-state index contributed by atoms with van der Waals surface area (Å²) in [6.07, 6.45) is 10.1. The molecule has 4 saturated carbocycles. The van der Waals surface area contributed by atoms with Gasteiger partial charge >= 0.3 is 0 Å². The molecular formula is C27H50O3Si2. The SMILES string of the molecule is CC(O[Si](C)(C)C)[C@H]1CC[C@H]2[C@@H]3CCC4CC(O[Si](C)(C)C)CC[C@]4(C)[C@H]3C(=O)C[C@]12C. The molecular weight excluding hydrogens is 428 g/mol. The molecule has 9 atom stereocenters. The predicted octanol–water partition coefficient (Wildman–Crippen LogP) is 7.28. The van der Waals surface area contributed by atoms with E-state index in [0.717, 1.165) is 12.8 Å². The molecule has 0 aromatic rings. The van der Waals surface area contributed by atoms with Crippen molar-refractivity contribution in [1.82, 2.24) is 0 Å². The Labute approximate surface area is 200 Å². The highest BCUT2D eigenvalue weighted by Gasteiger charge is 2.64. The van der Waals surface area contributed by atoms with Gasteiger partial charge in [-0.3, -0.25) is 4.79 Å². The van der Waals surface area contributed by atoms with Crippen LogP contribution in [0.4, 0.5) is 0 Å². The monoisotopic (exact) mass is 478 g/mol. The van der Waals surface area contributed by atoms with Crippen molar-refractivity contribution >= 4 is 22.4 Å². The maximum atomic E-state index is 13.9. The molecule has 0 heterocycles. The van der Waals surface area contributed by atoms with Gasteiger partial charge in [0.1, 0.15) is 5.78 Å². The lowest BCUT2D eigenvalue weighted by Crippen LogP contribution is -2.58. The smallest absolute Gasteiger partial charge is 0.184 e. The number of hydrogen-bond donors (Lipinski definition) is 0. The van der Waals surface area contributed by atoms with E-state index in [1.165, 1.54) is 38.5 Å². The van der Waals surface area contributed by atoms with Crippen molar-refractivity contribution in [1.29, 1.82) is 0 Å². The Hall–Kier alpha value is 0.0238. The maximum Gasteiger partial charge on any atom is 0.184 e. The molecule has 0 saturated heterocycles. The number of rotatable bonds is 5. The fourth-order valence-corrected chi connectivity index (χ4v) is 11.6. The molecule has 4 rings (SSSR count). The molecule has 0 aromatic carbocycles. The molecule has 4 aliphatic carbocycles. The van der Waals surface area contributed by atoms with Crippen LogP contribution in [0.25, 0.3) is 0 Å². The molecule has 4 fully saturated rings. The quantitative estimate of drug-likeness (QED) is 0.389. The van der Waals surface area contributed by atoms with Crippen LogP contribution >= 0.6 is 0 Å². The summed E-state index contributed by atoms with van der Waals surface area (Å²) in [6.45, 7) is 21.1. The molecule has 3 nitrogen and oxygen atoms in total. The zero-order valence-electron chi connectivity index (χ0n) is 22.4. The van der Waals surface area contributed by atoms with Crippen molar-refractivity contribution in [3.05, 3.63) is 0 Å². The van der Waals surface area contributed by atoms with E-state index in [0.29, 0.717) is 41.5 Å². The van der Waals surface area contributed by atoms with Crippen molar-refractivity contribution in [2.75, 3.05) is 0 Å². The summed E-state index contributed by atoms with van der Waals surface area (Å²) in [6, 6.07) is 0. The number of carbonyl (C=O) groups excluding carboxylic acids is 1. The summed E-state index contributed by atoms with van der Waals surface area (Å²) >= 11 is 0. The number of carbonyl (C=O) groups is 1. The Morgan fingerprint density at radius 2 is 1.59 bits per heavy atom. The molecule has 4 aliphatic rings. The van der Waals surface area contributed by atoms with Crippen LogP contribution in [-0.4, -0.2) is 34.6 Å².